The van der Waals surface area contributed by atoms with Crippen LogP contribution in [0.1, 0.15) is 71.6 Å². The van der Waals surface area contributed by atoms with Crippen LogP contribution in [-0.4, -0.2) is 17.4 Å². The molecule has 0 N–H and O–H groups in total. The van der Waals surface area contributed by atoms with Crippen molar-refractivity contribution in [2.75, 3.05) is 6.61 Å². The predicted octanol–water partition coefficient (Wildman–Crippen LogP) is 4.84. The van der Waals surface area contributed by atoms with Crippen LogP contribution in [0.4, 0.5) is 0 Å². The van der Waals surface area contributed by atoms with E-state index in [-0.39, 0.29) is 5.97 Å². The third-order valence-corrected chi connectivity index (χ3v) is 3.74. The number of unbranched alkanes of at least 4 members (excludes halogenated alkanes) is 4. The summed E-state index contributed by atoms with van der Waals surface area (Å²) in [6.45, 7) is 4.58. The number of alkyl halides is 1. The number of halogens is 1. The molecule has 3 heteroatoms. The summed E-state index contributed by atoms with van der Waals surface area (Å²) < 4.78 is 4.89. The van der Waals surface area contributed by atoms with E-state index in [0.717, 1.165) is 12.8 Å². The molecule has 0 aliphatic rings. The molecule has 102 valence electrons. The van der Waals surface area contributed by atoms with Gasteiger partial charge in [-0.25, -0.2) is 0 Å². The second kappa shape index (κ2) is 12.4. The molecule has 0 radical (unpaired) electrons. The zero-order chi connectivity index (χ0) is 12.9. The maximum Gasteiger partial charge on any atom is 0.305 e. The first-order valence-corrected chi connectivity index (χ1v) is 7.92. The quantitative estimate of drug-likeness (QED) is 0.310. The zero-order valence-corrected chi connectivity index (χ0v) is 12.9. The Bertz CT molecular complexity index is 183. The van der Waals surface area contributed by atoms with Crippen LogP contribution in [0, 0.1) is 0 Å². The SMILES string of the molecule is CCCCCCCC(Br)CCCC(=O)OCC. The van der Waals surface area contributed by atoms with Gasteiger partial charge in [-0.05, 0) is 26.2 Å². The first-order valence-electron chi connectivity index (χ1n) is 7.00. The summed E-state index contributed by atoms with van der Waals surface area (Å²) in [6, 6.07) is 0. The van der Waals surface area contributed by atoms with E-state index in [9.17, 15) is 4.79 Å². The Kier molecular flexibility index (Phi) is 12.4. The summed E-state index contributed by atoms with van der Waals surface area (Å²) >= 11 is 3.68. The first-order chi connectivity index (χ1) is 8.20. The fourth-order valence-electron chi connectivity index (χ4n) is 1.81. The number of rotatable bonds is 11. The maximum absolute atomic E-state index is 11.1. The van der Waals surface area contributed by atoms with Crippen molar-refractivity contribution in [3.05, 3.63) is 0 Å². The zero-order valence-electron chi connectivity index (χ0n) is 11.3. The van der Waals surface area contributed by atoms with E-state index in [2.05, 4.69) is 22.9 Å². The van der Waals surface area contributed by atoms with Crippen molar-refractivity contribution in [2.45, 2.75) is 76.5 Å². The summed E-state index contributed by atoms with van der Waals surface area (Å²) in [5.74, 6) is -0.0601. The molecule has 1 atom stereocenters. The molecule has 0 fully saturated rings. The molecule has 0 rings (SSSR count). The fourth-order valence-corrected chi connectivity index (χ4v) is 2.46. The second-order valence-electron chi connectivity index (χ2n) is 4.50. The lowest BCUT2D eigenvalue weighted by molar-refractivity contribution is -0.143. The molecular weight excluding hydrogens is 280 g/mol. The van der Waals surface area contributed by atoms with Crippen LogP contribution in [-0.2, 0) is 9.53 Å². The van der Waals surface area contributed by atoms with E-state index < -0.39 is 0 Å². The van der Waals surface area contributed by atoms with Gasteiger partial charge in [0.15, 0.2) is 0 Å². The smallest absolute Gasteiger partial charge is 0.305 e. The molecule has 17 heavy (non-hydrogen) atoms. The summed E-state index contributed by atoms with van der Waals surface area (Å²) in [4.78, 5) is 11.7. The van der Waals surface area contributed by atoms with Gasteiger partial charge >= 0.3 is 5.97 Å². The number of hydrogen-bond donors (Lipinski definition) is 0. The average molecular weight is 307 g/mol. The van der Waals surface area contributed by atoms with E-state index in [0.29, 0.717) is 17.9 Å². The normalized spacial score (nSPS) is 12.4. The predicted molar refractivity (Wildman–Crippen MR) is 76.6 cm³/mol. The first kappa shape index (κ1) is 16.9. The summed E-state index contributed by atoms with van der Waals surface area (Å²) in [5.41, 5.74) is 0. The Labute approximate surface area is 115 Å². The third-order valence-electron chi connectivity index (χ3n) is 2.82. The van der Waals surface area contributed by atoms with Crippen LogP contribution < -0.4 is 0 Å². The summed E-state index contributed by atoms with van der Waals surface area (Å²) in [5, 5.41) is 0. The van der Waals surface area contributed by atoms with Crippen LogP contribution in [0.5, 0.6) is 0 Å². The number of hydrogen-bond acceptors (Lipinski definition) is 2. The molecule has 0 aromatic rings. The van der Waals surface area contributed by atoms with Gasteiger partial charge in [0.25, 0.3) is 0 Å². The highest BCUT2D eigenvalue weighted by Gasteiger charge is 2.06. The van der Waals surface area contributed by atoms with Gasteiger partial charge < -0.3 is 4.74 Å². The molecule has 0 saturated heterocycles. The van der Waals surface area contributed by atoms with Gasteiger partial charge in [0.1, 0.15) is 0 Å². The molecule has 2 nitrogen and oxygen atoms in total. The lowest BCUT2D eigenvalue weighted by Gasteiger charge is -2.09. The van der Waals surface area contributed by atoms with Gasteiger partial charge in [-0.3, -0.25) is 4.79 Å². The topological polar surface area (TPSA) is 26.3 Å². The van der Waals surface area contributed by atoms with Gasteiger partial charge in [0.2, 0.25) is 0 Å². The van der Waals surface area contributed by atoms with Gasteiger partial charge in [-0.1, -0.05) is 55.0 Å². The van der Waals surface area contributed by atoms with Crippen LogP contribution in [0.25, 0.3) is 0 Å². The van der Waals surface area contributed by atoms with Gasteiger partial charge in [0.05, 0.1) is 6.61 Å². The molecule has 0 saturated carbocycles. The highest BCUT2D eigenvalue weighted by molar-refractivity contribution is 9.09. The van der Waals surface area contributed by atoms with Crippen LogP contribution in [0.3, 0.4) is 0 Å². The van der Waals surface area contributed by atoms with Crippen LogP contribution in [0.15, 0.2) is 0 Å². The molecule has 0 aliphatic carbocycles. The van der Waals surface area contributed by atoms with Crippen molar-refractivity contribution < 1.29 is 9.53 Å². The largest absolute Gasteiger partial charge is 0.466 e. The highest BCUT2D eigenvalue weighted by atomic mass is 79.9. The van der Waals surface area contributed by atoms with Crippen molar-refractivity contribution in [3.63, 3.8) is 0 Å². The molecule has 1 unspecified atom stereocenters. The maximum atomic E-state index is 11.1. The van der Waals surface area contributed by atoms with Crippen molar-refractivity contribution in [2.24, 2.45) is 0 Å². The summed E-state index contributed by atoms with van der Waals surface area (Å²) in [6.07, 6.45) is 10.5. The monoisotopic (exact) mass is 306 g/mol. The van der Waals surface area contributed by atoms with Gasteiger partial charge in [-0.15, -0.1) is 0 Å². The van der Waals surface area contributed by atoms with Crippen molar-refractivity contribution >= 4 is 21.9 Å². The van der Waals surface area contributed by atoms with E-state index >= 15 is 0 Å². The van der Waals surface area contributed by atoms with Crippen LogP contribution >= 0.6 is 15.9 Å². The second-order valence-corrected chi connectivity index (χ2v) is 5.79. The molecule has 0 spiro atoms. The van der Waals surface area contributed by atoms with E-state index in [4.69, 9.17) is 4.74 Å². The minimum absolute atomic E-state index is 0.0601. The molecule has 0 aromatic carbocycles. The fraction of sp³-hybridized carbons (Fsp3) is 0.929. The van der Waals surface area contributed by atoms with E-state index in [1.165, 1.54) is 38.5 Å². The van der Waals surface area contributed by atoms with E-state index in [1.54, 1.807) is 0 Å². The number of carbonyl (C=O) groups is 1. The highest BCUT2D eigenvalue weighted by Crippen LogP contribution is 2.18. The van der Waals surface area contributed by atoms with Crippen molar-refractivity contribution in [3.8, 4) is 0 Å². The molecule has 0 bridgehead atoms. The van der Waals surface area contributed by atoms with Crippen molar-refractivity contribution in [1.29, 1.82) is 0 Å². The number of ether oxygens (including phenoxy) is 1. The Morgan fingerprint density at radius 3 is 2.35 bits per heavy atom. The Hall–Kier alpha value is -0.0500. The third kappa shape index (κ3) is 12.2. The average Bonchev–Trinajstić information content (AvgIpc) is 2.29. The summed E-state index contributed by atoms with van der Waals surface area (Å²) in [7, 11) is 0. The van der Waals surface area contributed by atoms with Crippen molar-refractivity contribution in [1.82, 2.24) is 0 Å². The van der Waals surface area contributed by atoms with E-state index in [1.807, 2.05) is 6.92 Å². The Morgan fingerprint density at radius 2 is 1.71 bits per heavy atom. The molecule has 0 aromatic heterocycles. The lowest BCUT2D eigenvalue weighted by atomic mass is 10.1. The number of carbonyl (C=O) groups excluding carboxylic acids is 1. The number of esters is 1. The molecule has 0 amide bonds. The molecule has 0 aliphatic heterocycles. The van der Waals surface area contributed by atoms with Gasteiger partial charge in [0, 0.05) is 11.2 Å². The van der Waals surface area contributed by atoms with Gasteiger partial charge in [-0.2, -0.15) is 0 Å². The van der Waals surface area contributed by atoms with Crippen LogP contribution in [0.2, 0.25) is 0 Å². The minimum atomic E-state index is -0.0601. The minimum Gasteiger partial charge on any atom is -0.466 e. The standard InChI is InChI=1S/C14H27BrO2/c1-3-5-6-7-8-10-13(15)11-9-12-14(16)17-4-2/h13H,3-12H2,1-2H3. The lowest BCUT2D eigenvalue weighted by Crippen LogP contribution is -2.05. The molecular formula is C14H27BrO2. The molecule has 0 heterocycles. The Balaban J connectivity index is 3.28. The Morgan fingerprint density at radius 1 is 1.06 bits per heavy atom.